The minimum absolute atomic E-state index is 0.123. The molecule has 2 N–H and O–H groups in total. The van der Waals surface area contributed by atoms with Crippen LogP contribution in [0.2, 0.25) is 0 Å². The predicted molar refractivity (Wildman–Crippen MR) is 99.2 cm³/mol. The molecule has 2 aromatic carbocycles. The van der Waals surface area contributed by atoms with Gasteiger partial charge in [-0.05, 0) is 40.8 Å². The van der Waals surface area contributed by atoms with E-state index in [1.165, 1.54) is 11.6 Å². The molecule has 0 fully saturated rings. The maximum Gasteiger partial charge on any atom is 0.234 e. The fourth-order valence-electron chi connectivity index (χ4n) is 2.26. The first-order chi connectivity index (χ1) is 13.4. The second-order valence-corrected chi connectivity index (χ2v) is 6.51. The molecule has 0 bridgehead atoms. The highest BCUT2D eigenvalue weighted by Crippen LogP contribution is 2.21. The average molecular weight is 404 g/mol. The zero-order valence-electron chi connectivity index (χ0n) is 14.5. The number of amides is 2. The van der Waals surface area contributed by atoms with E-state index in [4.69, 9.17) is 0 Å². The number of anilines is 2. The van der Waals surface area contributed by atoms with Gasteiger partial charge in [-0.25, -0.2) is 8.78 Å². The van der Waals surface area contributed by atoms with E-state index in [0.717, 1.165) is 30.0 Å². The number of carbonyl (C=O) groups excluding carboxylic acids is 2. The average Bonchev–Trinajstić information content (AvgIpc) is 3.11. The summed E-state index contributed by atoms with van der Waals surface area (Å²) in [5.41, 5.74) is 0.902. The number of nitrogens with zero attached hydrogens (tertiary/aromatic N) is 4. The van der Waals surface area contributed by atoms with Gasteiger partial charge in [-0.15, -0.1) is 5.10 Å². The van der Waals surface area contributed by atoms with Crippen molar-refractivity contribution in [3.05, 3.63) is 54.1 Å². The number of tetrazole rings is 1. The second-order valence-electron chi connectivity index (χ2n) is 5.57. The number of carbonyl (C=O) groups is 2. The molecule has 0 saturated heterocycles. The number of nitrogens with one attached hydrogen (secondary N) is 2. The van der Waals surface area contributed by atoms with Crippen molar-refractivity contribution < 1.29 is 18.4 Å². The molecule has 1 heterocycles. The largest absolute Gasteiger partial charge is 0.326 e. The Bertz CT molecular complexity index is 1030. The van der Waals surface area contributed by atoms with E-state index in [-0.39, 0.29) is 17.3 Å². The van der Waals surface area contributed by atoms with Crippen molar-refractivity contribution >= 4 is 35.0 Å². The molecular weight excluding hydrogens is 390 g/mol. The van der Waals surface area contributed by atoms with Crippen LogP contribution in [0.15, 0.2) is 47.6 Å². The molecule has 3 aromatic rings. The Labute approximate surface area is 162 Å². The summed E-state index contributed by atoms with van der Waals surface area (Å²) in [5.74, 6) is -2.28. The van der Waals surface area contributed by atoms with Gasteiger partial charge in [-0.2, -0.15) is 4.68 Å². The Morgan fingerprint density at radius 3 is 2.75 bits per heavy atom. The zero-order valence-corrected chi connectivity index (χ0v) is 15.3. The number of aromatic nitrogens is 4. The van der Waals surface area contributed by atoms with Crippen molar-refractivity contribution in [2.24, 2.45) is 0 Å². The van der Waals surface area contributed by atoms with E-state index < -0.39 is 17.5 Å². The zero-order chi connectivity index (χ0) is 20.1. The Hall–Kier alpha value is -3.34. The fraction of sp³-hybridized carbons (Fsp3) is 0.118. The number of benzene rings is 2. The lowest BCUT2D eigenvalue weighted by molar-refractivity contribution is -0.114. The topological polar surface area (TPSA) is 102 Å². The van der Waals surface area contributed by atoms with Crippen LogP contribution in [0.4, 0.5) is 20.2 Å². The van der Waals surface area contributed by atoms with Gasteiger partial charge in [-0.1, -0.05) is 17.8 Å². The summed E-state index contributed by atoms with van der Waals surface area (Å²) in [6, 6.07) is 9.62. The van der Waals surface area contributed by atoms with Gasteiger partial charge >= 0.3 is 0 Å². The monoisotopic (exact) mass is 404 g/mol. The van der Waals surface area contributed by atoms with Gasteiger partial charge in [0, 0.05) is 18.7 Å². The van der Waals surface area contributed by atoms with Crippen LogP contribution < -0.4 is 10.6 Å². The fourth-order valence-corrected chi connectivity index (χ4v) is 2.95. The molecule has 0 unspecified atom stereocenters. The van der Waals surface area contributed by atoms with Crippen molar-refractivity contribution in [1.82, 2.24) is 20.2 Å². The standard InChI is InChI=1S/C17H14F2N6O2S/c1-10(26)20-12-3-2-4-13(8-12)25-17(22-23-24-25)28-9-16(27)21-15-7-11(18)5-6-14(15)19/h2-8H,9H2,1H3,(H,20,26)(H,21,27). The molecule has 1 aromatic heterocycles. The highest BCUT2D eigenvalue weighted by atomic mass is 32.2. The Morgan fingerprint density at radius 1 is 1.14 bits per heavy atom. The lowest BCUT2D eigenvalue weighted by atomic mass is 10.3. The highest BCUT2D eigenvalue weighted by Gasteiger charge is 2.14. The van der Waals surface area contributed by atoms with Crippen molar-refractivity contribution in [1.29, 1.82) is 0 Å². The van der Waals surface area contributed by atoms with Crippen LogP contribution in [0.3, 0.4) is 0 Å². The number of thioether (sulfide) groups is 1. The molecular formula is C17H14F2N6O2S. The van der Waals surface area contributed by atoms with Crippen molar-refractivity contribution in [2.45, 2.75) is 12.1 Å². The van der Waals surface area contributed by atoms with Crippen LogP contribution in [0.5, 0.6) is 0 Å². The molecule has 0 aliphatic rings. The summed E-state index contributed by atoms with van der Waals surface area (Å²) in [6.07, 6.45) is 0. The first-order valence-electron chi connectivity index (χ1n) is 7.96. The molecule has 28 heavy (non-hydrogen) atoms. The van der Waals surface area contributed by atoms with Gasteiger partial charge in [0.1, 0.15) is 11.6 Å². The summed E-state index contributed by atoms with van der Waals surface area (Å²) in [5, 5.41) is 16.6. The van der Waals surface area contributed by atoms with Crippen molar-refractivity contribution in [2.75, 3.05) is 16.4 Å². The van der Waals surface area contributed by atoms with Crippen LogP contribution in [0.1, 0.15) is 6.92 Å². The molecule has 8 nitrogen and oxygen atoms in total. The Balaban J connectivity index is 1.68. The molecule has 0 aliphatic heterocycles. The summed E-state index contributed by atoms with van der Waals surface area (Å²) >= 11 is 1.02. The van der Waals surface area contributed by atoms with E-state index in [0.29, 0.717) is 16.5 Å². The molecule has 0 saturated carbocycles. The third-order valence-electron chi connectivity index (χ3n) is 3.39. The van der Waals surface area contributed by atoms with E-state index >= 15 is 0 Å². The maximum absolute atomic E-state index is 13.6. The lowest BCUT2D eigenvalue weighted by Gasteiger charge is -2.08. The molecule has 144 valence electrons. The Kier molecular flexibility index (Phi) is 5.94. The van der Waals surface area contributed by atoms with Crippen LogP contribution in [0, 0.1) is 11.6 Å². The van der Waals surface area contributed by atoms with Gasteiger partial charge in [0.15, 0.2) is 0 Å². The van der Waals surface area contributed by atoms with Crippen molar-refractivity contribution in [3.63, 3.8) is 0 Å². The third-order valence-corrected chi connectivity index (χ3v) is 4.31. The predicted octanol–water partition coefficient (Wildman–Crippen LogP) is 2.63. The van der Waals surface area contributed by atoms with E-state index in [2.05, 4.69) is 26.2 Å². The van der Waals surface area contributed by atoms with Gasteiger partial charge in [0.2, 0.25) is 17.0 Å². The quantitative estimate of drug-likeness (QED) is 0.613. The summed E-state index contributed by atoms with van der Waals surface area (Å²) in [7, 11) is 0. The maximum atomic E-state index is 13.6. The van der Waals surface area contributed by atoms with Crippen LogP contribution >= 0.6 is 11.8 Å². The molecule has 0 radical (unpaired) electrons. The van der Waals surface area contributed by atoms with E-state index in [1.54, 1.807) is 24.3 Å². The highest BCUT2D eigenvalue weighted by molar-refractivity contribution is 7.99. The van der Waals surface area contributed by atoms with Crippen LogP contribution in [0.25, 0.3) is 5.69 Å². The van der Waals surface area contributed by atoms with Gasteiger partial charge in [0.25, 0.3) is 0 Å². The molecule has 0 aliphatic carbocycles. The smallest absolute Gasteiger partial charge is 0.234 e. The van der Waals surface area contributed by atoms with Crippen molar-refractivity contribution in [3.8, 4) is 5.69 Å². The van der Waals surface area contributed by atoms with Crippen LogP contribution in [-0.4, -0.2) is 37.8 Å². The van der Waals surface area contributed by atoms with Gasteiger partial charge in [0.05, 0.1) is 17.1 Å². The summed E-state index contributed by atoms with van der Waals surface area (Å²) in [4.78, 5) is 23.2. The molecule has 0 spiro atoms. The van der Waals surface area contributed by atoms with Gasteiger partial charge in [-0.3, -0.25) is 9.59 Å². The number of hydrogen-bond acceptors (Lipinski definition) is 6. The number of rotatable bonds is 6. The number of halogens is 2. The second kappa shape index (κ2) is 8.57. The molecule has 3 rings (SSSR count). The minimum Gasteiger partial charge on any atom is -0.326 e. The first-order valence-corrected chi connectivity index (χ1v) is 8.95. The third kappa shape index (κ3) is 4.88. The minimum atomic E-state index is -0.737. The normalized spacial score (nSPS) is 10.5. The van der Waals surface area contributed by atoms with Crippen LogP contribution in [-0.2, 0) is 9.59 Å². The first kappa shape index (κ1) is 19.4. The molecule has 2 amide bonds. The summed E-state index contributed by atoms with van der Waals surface area (Å²) < 4.78 is 28.2. The summed E-state index contributed by atoms with van der Waals surface area (Å²) in [6.45, 7) is 1.39. The van der Waals surface area contributed by atoms with E-state index in [9.17, 15) is 18.4 Å². The lowest BCUT2D eigenvalue weighted by Crippen LogP contribution is -2.15. The number of hydrogen-bond donors (Lipinski definition) is 2. The molecule has 11 heteroatoms. The van der Waals surface area contributed by atoms with E-state index in [1.807, 2.05) is 0 Å². The SMILES string of the molecule is CC(=O)Nc1cccc(-n2nnnc2SCC(=O)Nc2cc(F)ccc2F)c1. The van der Waals surface area contributed by atoms with Gasteiger partial charge < -0.3 is 10.6 Å². The molecule has 0 atom stereocenters. The Morgan fingerprint density at radius 2 is 1.96 bits per heavy atom.